The molecule has 0 spiro atoms. The highest BCUT2D eigenvalue weighted by atomic mass is 32.2. The molecule has 2 unspecified atom stereocenters. The SMILES string of the molecule is COCCNCc1cnc(N2CC(C)SC(C)C2)s1. The van der Waals surface area contributed by atoms with Crippen molar-refractivity contribution in [3.8, 4) is 0 Å². The van der Waals surface area contributed by atoms with E-state index in [1.807, 2.05) is 6.20 Å². The van der Waals surface area contributed by atoms with Gasteiger partial charge in [-0.1, -0.05) is 13.8 Å². The number of thioether (sulfide) groups is 1. The lowest BCUT2D eigenvalue weighted by atomic mass is 10.3. The molecule has 0 aliphatic carbocycles. The lowest BCUT2D eigenvalue weighted by molar-refractivity contribution is 0.199. The third kappa shape index (κ3) is 4.63. The van der Waals surface area contributed by atoms with E-state index in [1.165, 1.54) is 10.0 Å². The molecular weight excluding hydrogens is 278 g/mol. The van der Waals surface area contributed by atoms with Gasteiger partial charge in [-0.15, -0.1) is 11.3 Å². The van der Waals surface area contributed by atoms with Gasteiger partial charge < -0.3 is 15.0 Å². The van der Waals surface area contributed by atoms with Crippen LogP contribution in [0.3, 0.4) is 0 Å². The molecule has 2 atom stereocenters. The van der Waals surface area contributed by atoms with E-state index in [0.29, 0.717) is 10.5 Å². The predicted molar refractivity (Wildman–Crippen MR) is 84.4 cm³/mol. The van der Waals surface area contributed by atoms with Gasteiger partial charge in [0.1, 0.15) is 0 Å². The van der Waals surface area contributed by atoms with Gasteiger partial charge in [-0.3, -0.25) is 0 Å². The predicted octanol–water partition coefficient (Wildman–Crippen LogP) is 2.21. The van der Waals surface area contributed by atoms with Crippen LogP contribution in [0.25, 0.3) is 0 Å². The topological polar surface area (TPSA) is 37.4 Å². The van der Waals surface area contributed by atoms with Crippen molar-refractivity contribution in [3.05, 3.63) is 11.1 Å². The molecule has 108 valence electrons. The molecule has 2 rings (SSSR count). The fourth-order valence-electron chi connectivity index (χ4n) is 2.25. The zero-order chi connectivity index (χ0) is 13.7. The molecule has 1 aromatic heterocycles. The van der Waals surface area contributed by atoms with Gasteiger partial charge in [0, 0.05) is 54.9 Å². The Morgan fingerprint density at radius 3 is 2.84 bits per heavy atom. The Kier molecular flexibility index (Phi) is 5.94. The summed E-state index contributed by atoms with van der Waals surface area (Å²) in [5.41, 5.74) is 0. The molecule has 0 aromatic carbocycles. The van der Waals surface area contributed by atoms with Crippen LogP contribution in [0.1, 0.15) is 18.7 Å². The van der Waals surface area contributed by atoms with E-state index in [1.54, 1.807) is 18.4 Å². The highest BCUT2D eigenvalue weighted by Gasteiger charge is 2.24. The van der Waals surface area contributed by atoms with Gasteiger partial charge in [0.2, 0.25) is 0 Å². The number of rotatable bonds is 6. The molecule has 1 N–H and O–H groups in total. The third-order valence-electron chi connectivity index (χ3n) is 3.01. The molecule has 19 heavy (non-hydrogen) atoms. The molecular formula is C13H23N3OS2. The number of thiazole rings is 1. The van der Waals surface area contributed by atoms with Gasteiger partial charge in [0.15, 0.2) is 5.13 Å². The van der Waals surface area contributed by atoms with Gasteiger partial charge in [0.05, 0.1) is 6.61 Å². The summed E-state index contributed by atoms with van der Waals surface area (Å²) in [4.78, 5) is 8.29. The van der Waals surface area contributed by atoms with Crippen molar-refractivity contribution in [2.45, 2.75) is 30.9 Å². The summed E-state index contributed by atoms with van der Waals surface area (Å²) in [6.07, 6.45) is 2.00. The Balaban J connectivity index is 1.85. The number of nitrogens with one attached hydrogen (secondary N) is 1. The van der Waals surface area contributed by atoms with Crippen LogP contribution in [0.4, 0.5) is 5.13 Å². The van der Waals surface area contributed by atoms with E-state index in [2.05, 4.69) is 40.8 Å². The lowest BCUT2D eigenvalue weighted by Gasteiger charge is -2.34. The molecule has 6 heteroatoms. The quantitative estimate of drug-likeness (QED) is 0.816. The van der Waals surface area contributed by atoms with Crippen LogP contribution in [-0.4, -0.2) is 48.8 Å². The maximum absolute atomic E-state index is 5.02. The number of methoxy groups -OCH3 is 1. The second-order valence-corrected chi connectivity index (χ2v) is 7.92. The molecule has 1 aromatic rings. The largest absolute Gasteiger partial charge is 0.383 e. The van der Waals surface area contributed by atoms with Crippen molar-refractivity contribution in [1.29, 1.82) is 0 Å². The van der Waals surface area contributed by atoms with Gasteiger partial charge in [-0.2, -0.15) is 11.8 Å². The first-order chi connectivity index (χ1) is 9.19. The van der Waals surface area contributed by atoms with Gasteiger partial charge in [-0.25, -0.2) is 4.98 Å². The van der Waals surface area contributed by atoms with Crippen LogP contribution in [0, 0.1) is 0 Å². The zero-order valence-corrected chi connectivity index (χ0v) is 13.5. The Hall–Kier alpha value is -0.300. The number of nitrogens with zero attached hydrogens (tertiary/aromatic N) is 2. The Bertz CT molecular complexity index is 376. The van der Waals surface area contributed by atoms with Crippen LogP contribution in [-0.2, 0) is 11.3 Å². The monoisotopic (exact) mass is 301 g/mol. The van der Waals surface area contributed by atoms with E-state index < -0.39 is 0 Å². The summed E-state index contributed by atoms with van der Waals surface area (Å²) < 4.78 is 5.02. The molecule has 0 saturated carbocycles. The van der Waals surface area contributed by atoms with Crippen LogP contribution in [0.5, 0.6) is 0 Å². The first kappa shape index (κ1) is 15.1. The van der Waals surface area contributed by atoms with Crippen molar-refractivity contribution >= 4 is 28.2 Å². The lowest BCUT2D eigenvalue weighted by Crippen LogP contribution is -2.40. The molecule has 1 saturated heterocycles. The second-order valence-electron chi connectivity index (χ2n) is 4.94. The summed E-state index contributed by atoms with van der Waals surface area (Å²) in [6, 6.07) is 0. The Morgan fingerprint density at radius 1 is 1.42 bits per heavy atom. The first-order valence-corrected chi connectivity index (χ1v) is 8.49. The minimum absolute atomic E-state index is 0.691. The van der Waals surface area contributed by atoms with Gasteiger partial charge >= 0.3 is 0 Å². The van der Waals surface area contributed by atoms with Gasteiger partial charge in [0.25, 0.3) is 0 Å². The summed E-state index contributed by atoms with van der Waals surface area (Å²) in [5.74, 6) is 0. The van der Waals surface area contributed by atoms with Crippen molar-refractivity contribution < 1.29 is 4.74 Å². The van der Waals surface area contributed by atoms with Crippen molar-refractivity contribution in [3.63, 3.8) is 0 Å². The van der Waals surface area contributed by atoms with Crippen LogP contribution in [0.15, 0.2) is 6.20 Å². The number of hydrogen-bond acceptors (Lipinski definition) is 6. The minimum atomic E-state index is 0.691. The molecule has 1 aliphatic rings. The molecule has 2 heterocycles. The average Bonchev–Trinajstić information content (AvgIpc) is 2.82. The average molecular weight is 301 g/mol. The molecule has 1 aliphatic heterocycles. The highest BCUT2D eigenvalue weighted by Crippen LogP contribution is 2.30. The minimum Gasteiger partial charge on any atom is -0.383 e. The number of aromatic nitrogens is 1. The summed E-state index contributed by atoms with van der Waals surface area (Å²) in [5, 5.41) is 5.91. The van der Waals surface area contributed by atoms with E-state index in [0.717, 1.165) is 32.8 Å². The standard InChI is InChI=1S/C13H23N3OS2/c1-10-8-16(9-11(2)18-10)13-15-7-12(19-13)6-14-4-5-17-3/h7,10-11,14H,4-6,8-9H2,1-3H3. The summed E-state index contributed by atoms with van der Waals surface area (Å²) in [7, 11) is 1.73. The maximum atomic E-state index is 5.02. The number of hydrogen-bond donors (Lipinski definition) is 1. The number of ether oxygens (including phenoxy) is 1. The van der Waals surface area contributed by atoms with Crippen LogP contribution in [0.2, 0.25) is 0 Å². The smallest absolute Gasteiger partial charge is 0.185 e. The van der Waals surface area contributed by atoms with E-state index in [9.17, 15) is 0 Å². The zero-order valence-electron chi connectivity index (χ0n) is 11.9. The fourth-order valence-corrected chi connectivity index (χ4v) is 4.47. The molecule has 0 radical (unpaired) electrons. The maximum Gasteiger partial charge on any atom is 0.185 e. The van der Waals surface area contributed by atoms with E-state index in [4.69, 9.17) is 4.74 Å². The fraction of sp³-hybridized carbons (Fsp3) is 0.769. The third-order valence-corrected chi connectivity index (χ3v) is 5.30. The van der Waals surface area contributed by atoms with Gasteiger partial charge in [-0.05, 0) is 0 Å². The highest BCUT2D eigenvalue weighted by molar-refractivity contribution is 8.00. The van der Waals surface area contributed by atoms with E-state index >= 15 is 0 Å². The molecule has 4 nitrogen and oxygen atoms in total. The van der Waals surface area contributed by atoms with Crippen molar-refractivity contribution in [1.82, 2.24) is 10.3 Å². The first-order valence-electron chi connectivity index (χ1n) is 6.73. The van der Waals surface area contributed by atoms with Crippen LogP contribution >= 0.6 is 23.1 Å². The molecule has 0 bridgehead atoms. The number of anilines is 1. The molecule has 1 fully saturated rings. The molecule has 0 amide bonds. The Morgan fingerprint density at radius 2 is 2.16 bits per heavy atom. The van der Waals surface area contributed by atoms with E-state index in [-0.39, 0.29) is 0 Å². The van der Waals surface area contributed by atoms with Crippen LogP contribution < -0.4 is 10.2 Å². The van der Waals surface area contributed by atoms with Crippen molar-refractivity contribution in [2.75, 3.05) is 38.3 Å². The summed E-state index contributed by atoms with van der Waals surface area (Å²) >= 11 is 3.88. The second kappa shape index (κ2) is 7.47. The normalized spacial score (nSPS) is 23.8. The Labute approximate surface area is 123 Å². The summed E-state index contributed by atoms with van der Waals surface area (Å²) in [6.45, 7) is 9.34. The van der Waals surface area contributed by atoms with Crippen molar-refractivity contribution in [2.24, 2.45) is 0 Å².